The number of imide groups is 1. The average Bonchev–Trinajstić information content (AvgIpc) is 3.36. The van der Waals surface area contributed by atoms with E-state index in [0.29, 0.717) is 30.1 Å². The molecule has 4 rings (SSSR count). The zero-order valence-corrected chi connectivity index (χ0v) is 16.9. The number of hydrogen-bond acceptors (Lipinski definition) is 5. The minimum Gasteiger partial charge on any atom is -0.362 e. The summed E-state index contributed by atoms with van der Waals surface area (Å²) >= 11 is 1.47. The first-order valence-electron chi connectivity index (χ1n) is 9.52. The summed E-state index contributed by atoms with van der Waals surface area (Å²) in [5.74, 6) is -0.522. The van der Waals surface area contributed by atoms with E-state index in [1.54, 1.807) is 6.20 Å². The van der Waals surface area contributed by atoms with Crippen molar-refractivity contribution in [2.75, 3.05) is 6.54 Å². The fourth-order valence-electron chi connectivity index (χ4n) is 3.45. The van der Waals surface area contributed by atoms with Gasteiger partial charge in [-0.3, -0.25) is 19.5 Å². The molecule has 3 aromatic rings. The summed E-state index contributed by atoms with van der Waals surface area (Å²) in [5.41, 5.74) is 2.74. The van der Waals surface area contributed by atoms with Crippen molar-refractivity contribution in [3.05, 3.63) is 94.1 Å². The number of carbonyl (C=O) groups is 2. The number of carbonyl (C=O) groups excluding carboxylic acids is 2. The predicted molar refractivity (Wildman–Crippen MR) is 114 cm³/mol. The Labute approximate surface area is 173 Å². The molecular weight excluding hydrogens is 382 g/mol. The van der Waals surface area contributed by atoms with Crippen molar-refractivity contribution < 1.29 is 9.59 Å². The second-order valence-electron chi connectivity index (χ2n) is 6.72. The number of hydrogen-bond donors (Lipinski definition) is 0. The van der Waals surface area contributed by atoms with Crippen molar-refractivity contribution >= 4 is 28.7 Å². The quantitative estimate of drug-likeness (QED) is 0.561. The minimum absolute atomic E-state index is 0.166. The van der Waals surface area contributed by atoms with Crippen LogP contribution in [0.15, 0.2) is 77.9 Å². The third-order valence-electron chi connectivity index (χ3n) is 4.87. The van der Waals surface area contributed by atoms with Crippen molar-refractivity contribution in [3.8, 4) is 0 Å². The molecule has 1 aliphatic heterocycles. The zero-order valence-electron chi connectivity index (χ0n) is 16.1. The Bertz CT molecular complexity index is 1030. The third kappa shape index (κ3) is 3.84. The molecule has 2 amide bonds. The van der Waals surface area contributed by atoms with Crippen LogP contribution in [0.3, 0.4) is 0 Å². The number of likely N-dealkylation sites (N-methyl/N-ethyl adjacent to an activating group) is 1. The standard InChI is InChI=1S/C23H21N3O2S/c1-2-25(15-17-9-4-3-5-10-17)21-20(19-12-8-14-29-19)22(27)26(23(21)28)16-18-11-6-7-13-24-18/h3-14H,2,15-16H2,1H3. The van der Waals surface area contributed by atoms with Gasteiger partial charge in [0.1, 0.15) is 5.70 Å². The van der Waals surface area contributed by atoms with Gasteiger partial charge in [-0.1, -0.05) is 42.5 Å². The van der Waals surface area contributed by atoms with Crippen LogP contribution in [0, 0.1) is 0 Å². The van der Waals surface area contributed by atoms with Gasteiger partial charge in [-0.15, -0.1) is 11.3 Å². The smallest absolute Gasteiger partial charge is 0.278 e. The number of amides is 2. The highest BCUT2D eigenvalue weighted by molar-refractivity contribution is 7.11. The van der Waals surface area contributed by atoms with Gasteiger partial charge in [0.05, 0.1) is 17.8 Å². The Morgan fingerprint density at radius 2 is 1.76 bits per heavy atom. The van der Waals surface area contributed by atoms with Crippen molar-refractivity contribution in [3.63, 3.8) is 0 Å². The molecule has 29 heavy (non-hydrogen) atoms. The normalized spacial score (nSPS) is 14.0. The van der Waals surface area contributed by atoms with Crippen LogP contribution in [-0.4, -0.2) is 33.1 Å². The molecule has 0 saturated carbocycles. The lowest BCUT2D eigenvalue weighted by Gasteiger charge is -2.24. The van der Waals surface area contributed by atoms with Crippen LogP contribution >= 0.6 is 11.3 Å². The van der Waals surface area contributed by atoms with E-state index in [0.717, 1.165) is 10.4 Å². The first-order chi connectivity index (χ1) is 14.2. The van der Waals surface area contributed by atoms with E-state index >= 15 is 0 Å². The second-order valence-corrected chi connectivity index (χ2v) is 7.67. The van der Waals surface area contributed by atoms with Crippen LogP contribution in [0.5, 0.6) is 0 Å². The number of rotatable bonds is 7. The summed E-state index contributed by atoms with van der Waals surface area (Å²) < 4.78 is 0. The Morgan fingerprint density at radius 1 is 0.966 bits per heavy atom. The Kier molecular flexibility index (Phi) is 5.53. The lowest BCUT2D eigenvalue weighted by Crippen LogP contribution is -2.35. The molecule has 0 saturated heterocycles. The fourth-order valence-corrected chi connectivity index (χ4v) is 4.21. The van der Waals surface area contributed by atoms with Crippen LogP contribution in [0.4, 0.5) is 0 Å². The maximum Gasteiger partial charge on any atom is 0.278 e. The highest BCUT2D eigenvalue weighted by Crippen LogP contribution is 2.35. The third-order valence-corrected chi connectivity index (χ3v) is 5.76. The van der Waals surface area contributed by atoms with E-state index in [1.165, 1.54) is 16.2 Å². The molecule has 0 unspecified atom stereocenters. The number of nitrogens with zero attached hydrogens (tertiary/aromatic N) is 3. The molecule has 146 valence electrons. The van der Waals surface area contributed by atoms with E-state index in [1.807, 2.05) is 77.9 Å². The Hall–Kier alpha value is -3.25. The molecule has 3 heterocycles. The zero-order chi connectivity index (χ0) is 20.2. The van der Waals surface area contributed by atoms with Gasteiger partial charge in [0, 0.05) is 24.2 Å². The topological polar surface area (TPSA) is 53.5 Å². The molecule has 5 nitrogen and oxygen atoms in total. The van der Waals surface area contributed by atoms with Gasteiger partial charge in [-0.25, -0.2) is 0 Å². The first-order valence-corrected chi connectivity index (χ1v) is 10.4. The first kappa shape index (κ1) is 19.1. The summed E-state index contributed by atoms with van der Waals surface area (Å²) in [7, 11) is 0. The van der Waals surface area contributed by atoms with E-state index in [-0.39, 0.29) is 18.4 Å². The van der Waals surface area contributed by atoms with Crippen LogP contribution < -0.4 is 0 Å². The van der Waals surface area contributed by atoms with E-state index in [9.17, 15) is 9.59 Å². The van der Waals surface area contributed by atoms with Crippen LogP contribution in [-0.2, 0) is 22.7 Å². The largest absolute Gasteiger partial charge is 0.362 e. The van der Waals surface area contributed by atoms with Gasteiger partial charge in [0.15, 0.2) is 0 Å². The van der Waals surface area contributed by atoms with E-state index in [4.69, 9.17) is 0 Å². The molecule has 1 aromatic carbocycles. The van der Waals surface area contributed by atoms with Gasteiger partial charge in [0.25, 0.3) is 11.8 Å². The minimum atomic E-state index is -0.262. The number of pyridine rings is 1. The highest BCUT2D eigenvalue weighted by Gasteiger charge is 2.41. The Balaban J connectivity index is 1.72. The molecule has 0 aliphatic carbocycles. The van der Waals surface area contributed by atoms with Crippen molar-refractivity contribution in [1.29, 1.82) is 0 Å². The summed E-state index contributed by atoms with van der Waals surface area (Å²) in [6.07, 6.45) is 1.67. The van der Waals surface area contributed by atoms with Crippen molar-refractivity contribution in [1.82, 2.24) is 14.8 Å². The summed E-state index contributed by atoms with van der Waals surface area (Å²) in [6.45, 7) is 3.36. The molecule has 1 aliphatic rings. The maximum absolute atomic E-state index is 13.4. The predicted octanol–water partition coefficient (Wildman–Crippen LogP) is 3.95. The monoisotopic (exact) mass is 403 g/mol. The molecule has 2 aromatic heterocycles. The van der Waals surface area contributed by atoms with Crippen molar-refractivity contribution in [2.45, 2.75) is 20.0 Å². The molecule has 0 fully saturated rings. The van der Waals surface area contributed by atoms with Gasteiger partial charge in [0.2, 0.25) is 0 Å². The van der Waals surface area contributed by atoms with E-state index < -0.39 is 0 Å². The molecule has 0 N–H and O–H groups in total. The lowest BCUT2D eigenvalue weighted by molar-refractivity contribution is -0.138. The Morgan fingerprint density at radius 3 is 2.41 bits per heavy atom. The van der Waals surface area contributed by atoms with Gasteiger partial charge >= 0.3 is 0 Å². The van der Waals surface area contributed by atoms with Gasteiger partial charge in [-0.05, 0) is 36.1 Å². The van der Waals surface area contributed by atoms with Gasteiger partial charge in [-0.2, -0.15) is 0 Å². The highest BCUT2D eigenvalue weighted by atomic mass is 32.1. The maximum atomic E-state index is 13.4. The lowest BCUT2D eigenvalue weighted by atomic mass is 10.1. The summed E-state index contributed by atoms with van der Waals surface area (Å²) in [4.78, 5) is 35.1. The molecule has 0 radical (unpaired) electrons. The summed E-state index contributed by atoms with van der Waals surface area (Å²) in [6, 6.07) is 19.3. The molecule has 0 atom stereocenters. The van der Waals surface area contributed by atoms with Gasteiger partial charge < -0.3 is 4.90 Å². The SMILES string of the molecule is CCN(Cc1ccccc1)C1=C(c2cccs2)C(=O)N(Cc2ccccn2)C1=O. The second kappa shape index (κ2) is 8.41. The molecular formula is C23H21N3O2S. The summed E-state index contributed by atoms with van der Waals surface area (Å²) in [5, 5.41) is 1.92. The number of aromatic nitrogens is 1. The molecule has 6 heteroatoms. The number of thiophene rings is 1. The van der Waals surface area contributed by atoms with E-state index in [2.05, 4.69) is 4.98 Å². The molecule has 0 spiro atoms. The number of benzene rings is 1. The van der Waals surface area contributed by atoms with Crippen LogP contribution in [0.2, 0.25) is 0 Å². The fraction of sp³-hybridized carbons (Fsp3) is 0.174. The van der Waals surface area contributed by atoms with Crippen LogP contribution in [0.1, 0.15) is 23.1 Å². The van der Waals surface area contributed by atoms with Crippen LogP contribution in [0.25, 0.3) is 5.57 Å². The van der Waals surface area contributed by atoms with Crippen molar-refractivity contribution in [2.24, 2.45) is 0 Å². The average molecular weight is 404 g/mol. The molecule has 0 bridgehead atoms.